The summed E-state index contributed by atoms with van der Waals surface area (Å²) in [5.74, 6) is 0.542. The Morgan fingerprint density at radius 2 is 2.00 bits per heavy atom. The molecule has 1 aromatic carbocycles. The van der Waals surface area contributed by atoms with E-state index in [1.807, 2.05) is 19.1 Å². The van der Waals surface area contributed by atoms with Crippen LogP contribution in [0.4, 0.5) is 0 Å². The number of hydrogen-bond donors (Lipinski definition) is 1. The van der Waals surface area contributed by atoms with Gasteiger partial charge in [-0.1, -0.05) is 28.8 Å². The molecule has 3 heteroatoms. The number of aromatic amines is 1. The number of hydrogen-bond acceptors (Lipinski definition) is 1. The van der Waals surface area contributed by atoms with E-state index in [0.29, 0.717) is 5.92 Å². The van der Waals surface area contributed by atoms with Gasteiger partial charge in [-0.15, -0.1) is 0 Å². The van der Waals surface area contributed by atoms with Gasteiger partial charge in [-0.25, -0.2) is 0 Å². The first-order valence-corrected chi connectivity index (χ1v) is 7.28. The molecule has 18 heavy (non-hydrogen) atoms. The molecule has 0 atom stereocenters. The largest absolute Gasteiger partial charge is 0.358 e. The van der Waals surface area contributed by atoms with E-state index in [9.17, 15) is 4.79 Å². The predicted octanol–water partition coefficient (Wildman–Crippen LogP) is 4.26. The molecule has 2 nitrogen and oxygen atoms in total. The van der Waals surface area contributed by atoms with Gasteiger partial charge < -0.3 is 4.98 Å². The van der Waals surface area contributed by atoms with Crippen molar-refractivity contribution < 1.29 is 0 Å². The summed E-state index contributed by atoms with van der Waals surface area (Å²) >= 11 is 3.53. The maximum absolute atomic E-state index is 12.2. The molecule has 0 aliphatic heterocycles. The fourth-order valence-corrected chi connectivity index (χ4v) is 3.24. The van der Waals surface area contributed by atoms with Gasteiger partial charge in [0.1, 0.15) is 0 Å². The van der Waals surface area contributed by atoms with E-state index in [-0.39, 0.29) is 5.43 Å². The normalized spacial score (nSPS) is 16.6. The molecular weight excluding hydrogens is 290 g/mol. The molecule has 0 amide bonds. The number of pyridine rings is 1. The number of benzene rings is 1. The molecule has 0 unspecified atom stereocenters. The molecule has 1 aromatic heterocycles. The van der Waals surface area contributed by atoms with Crippen LogP contribution >= 0.6 is 15.9 Å². The van der Waals surface area contributed by atoms with Crippen molar-refractivity contribution >= 4 is 26.8 Å². The molecule has 1 aliphatic rings. The Morgan fingerprint density at radius 3 is 2.72 bits per heavy atom. The van der Waals surface area contributed by atoms with Crippen molar-refractivity contribution in [3.05, 3.63) is 44.2 Å². The highest BCUT2D eigenvalue weighted by molar-refractivity contribution is 9.10. The standard InChI is InChI=1S/C15H16BrNO/c1-9-12(16)7-6-11-14(18)8-13(17-15(9)11)10-4-2-3-5-10/h6-8,10H,2-5H2,1H3,(H,17,18). The zero-order chi connectivity index (χ0) is 12.7. The first-order valence-electron chi connectivity index (χ1n) is 6.49. The molecule has 1 N–H and O–H groups in total. The van der Waals surface area contributed by atoms with Crippen LogP contribution < -0.4 is 5.43 Å². The van der Waals surface area contributed by atoms with Gasteiger partial charge in [-0.05, 0) is 43.4 Å². The molecule has 0 radical (unpaired) electrons. The minimum atomic E-state index is 0.140. The lowest BCUT2D eigenvalue weighted by atomic mass is 10.0. The molecular formula is C15H16BrNO. The molecule has 1 saturated carbocycles. The average molecular weight is 306 g/mol. The van der Waals surface area contributed by atoms with Crippen LogP contribution in [-0.4, -0.2) is 4.98 Å². The van der Waals surface area contributed by atoms with E-state index in [0.717, 1.165) is 26.6 Å². The van der Waals surface area contributed by atoms with Crippen LogP contribution in [0, 0.1) is 6.92 Å². The van der Waals surface area contributed by atoms with Crippen LogP contribution in [-0.2, 0) is 0 Å². The van der Waals surface area contributed by atoms with Gasteiger partial charge in [0.05, 0.1) is 5.52 Å². The van der Waals surface area contributed by atoms with Crippen molar-refractivity contribution in [3.63, 3.8) is 0 Å². The summed E-state index contributed by atoms with van der Waals surface area (Å²) in [6.45, 7) is 2.04. The Bertz CT molecular complexity index is 653. The topological polar surface area (TPSA) is 32.9 Å². The van der Waals surface area contributed by atoms with Crippen molar-refractivity contribution in [1.82, 2.24) is 4.98 Å². The smallest absolute Gasteiger partial charge is 0.189 e. The molecule has 3 rings (SSSR count). The van der Waals surface area contributed by atoms with Gasteiger partial charge in [-0.3, -0.25) is 4.79 Å². The quantitative estimate of drug-likeness (QED) is 0.839. The summed E-state index contributed by atoms with van der Waals surface area (Å²) in [5, 5.41) is 0.789. The van der Waals surface area contributed by atoms with Gasteiger partial charge in [0.15, 0.2) is 5.43 Å². The summed E-state index contributed by atoms with van der Waals surface area (Å²) in [6.07, 6.45) is 4.97. The SMILES string of the molecule is Cc1c(Br)ccc2c(=O)cc(C3CCCC3)[nH]c12. The molecule has 0 spiro atoms. The van der Waals surface area contributed by atoms with Crippen molar-refractivity contribution in [2.75, 3.05) is 0 Å². The third-order valence-electron chi connectivity index (χ3n) is 4.02. The molecule has 1 aliphatic carbocycles. The molecule has 1 heterocycles. The molecule has 94 valence electrons. The van der Waals surface area contributed by atoms with Gasteiger partial charge in [0.25, 0.3) is 0 Å². The Kier molecular flexibility index (Phi) is 3.02. The summed E-state index contributed by atoms with van der Waals surface area (Å²) in [6, 6.07) is 5.64. The summed E-state index contributed by atoms with van der Waals surface area (Å²) in [5.41, 5.74) is 3.36. The fraction of sp³-hybridized carbons (Fsp3) is 0.400. The van der Waals surface area contributed by atoms with Gasteiger partial charge in [0, 0.05) is 21.6 Å². The number of halogens is 1. The summed E-state index contributed by atoms with van der Waals surface area (Å²) in [4.78, 5) is 15.7. The van der Waals surface area contributed by atoms with Crippen molar-refractivity contribution in [3.8, 4) is 0 Å². The molecule has 0 bridgehead atoms. The number of H-pyrrole nitrogens is 1. The fourth-order valence-electron chi connectivity index (χ4n) is 2.91. The Labute approximate surface area is 115 Å². The number of aryl methyl sites for hydroxylation is 1. The third-order valence-corrected chi connectivity index (χ3v) is 4.87. The van der Waals surface area contributed by atoms with Gasteiger partial charge in [0.2, 0.25) is 0 Å². The lowest BCUT2D eigenvalue weighted by Gasteiger charge is -2.12. The van der Waals surface area contributed by atoms with Crippen molar-refractivity contribution in [2.24, 2.45) is 0 Å². The minimum Gasteiger partial charge on any atom is -0.358 e. The van der Waals surface area contributed by atoms with E-state index in [4.69, 9.17) is 0 Å². The number of aromatic nitrogens is 1. The van der Waals surface area contributed by atoms with Crippen LogP contribution in [0.25, 0.3) is 10.9 Å². The maximum Gasteiger partial charge on any atom is 0.189 e. The second-order valence-corrected chi connectivity index (χ2v) is 6.02. The first kappa shape index (κ1) is 12.0. The number of fused-ring (bicyclic) bond motifs is 1. The lowest BCUT2D eigenvalue weighted by Crippen LogP contribution is -2.08. The first-order chi connectivity index (χ1) is 8.66. The predicted molar refractivity (Wildman–Crippen MR) is 78.2 cm³/mol. The second-order valence-electron chi connectivity index (χ2n) is 5.17. The van der Waals surface area contributed by atoms with E-state index in [1.165, 1.54) is 25.7 Å². The van der Waals surface area contributed by atoms with Crippen LogP contribution in [0.15, 0.2) is 27.5 Å². The molecule has 1 fully saturated rings. The zero-order valence-electron chi connectivity index (χ0n) is 10.4. The Balaban J connectivity index is 2.24. The van der Waals surface area contributed by atoms with E-state index < -0.39 is 0 Å². The monoisotopic (exact) mass is 305 g/mol. The number of nitrogens with one attached hydrogen (secondary N) is 1. The lowest BCUT2D eigenvalue weighted by molar-refractivity contribution is 0.700. The van der Waals surface area contributed by atoms with Crippen LogP contribution in [0.2, 0.25) is 0 Å². The van der Waals surface area contributed by atoms with Crippen LogP contribution in [0.3, 0.4) is 0 Å². The van der Waals surface area contributed by atoms with E-state index in [2.05, 4.69) is 20.9 Å². The summed E-state index contributed by atoms with van der Waals surface area (Å²) in [7, 11) is 0. The summed E-state index contributed by atoms with van der Waals surface area (Å²) < 4.78 is 1.05. The highest BCUT2D eigenvalue weighted by Gasteiger charge is 2.19. The van der Waals surface area contributed by atoms with E-state index in [1.54, 1.807) is 6.07 Å². The Morgan fingerprint density at radius 1 is 1.28 bits per heavy atom. The van der Waals surface area contributed by atoms with Crippen LogP contribution in [0.5, 0.6) is 0 Å². The third kappa shape index (κ3) is 1.91. The zero-order valence-corrected chi connectivity index (χ0v) is 12.0. The van der Waals surface area contributed by atoms with Crippen LogP contribution in [0.1, 0.15) is 42.9 Å². The minimum absolute atomic E-state index is 0.140. The average Bonchev–Trinajstić information content (AvgIpc) is 2.88. The van der Waals surface area contributed by atoms with E-state index >= 15 is 0 Å². The highest BCUT2D eigenvalue weighted by atomic mass is 79.9. The van der Waals surface area contributed by atoms with Crippen molar-refractivity contribution in [2.45, 2.75) is 38.5 Å². The van der Waals surface area contributed by atoms with Gasteiger partial charge in [-0.2, -0.15) is 0 Å². The maximum atomic E-state index is 12.2. The Hall–Kier alpha value is -1.09. The van der Waals surface area contributed by atoms with Crippen molar-refractivity contribution in [1.29, 1.82) is 0 Å². The second kappa shape index (κ2) is 4.54. The highest BCUT2D eigenvalue weighted by Crippen LogP contribution is 2.33. The van der Waals surface area contributed by atoms with Gasteiger partial charge >= 0.3 is 0 Å². The molecule has 2 aromatic rings. The molecule has 0 saturated heterocycles. The number of rotatable bonds is 1.